The fourth-order valence-electron chi connectivity index (χ4n) is 22.0. The fourth-order valence-corrected chi connectivity index (χ4v) is 26.8. The summed E-state index contributed by atoms with van der Waals surface area (Å²) in [5.74, 6) is 16.3. The molecule has 8 bridgehead atoms. The summed E-state index contributed by atoms with van der Waals surface area (Å²) in [7, 11) is 0. The molecule has 0 aliphatic carbocycles. The van der Waals surface area contributed by atoms with Crippen molar-refractivity contribution in [1.29, 1.82) is 21.0 Å². The standard InChI is InChI=1S/C134H174N8S4/c1-15-23-31-39-47-55-63-105-107(65-57-49-41-33-25-17-3)125(83-85-127-109(67-59-51-43-35-27-19-5)111(69-61-53-45-37-29-21-7)129(145-127)91-103(93-135)94-136)143-123(105)81-71-113-115-73-77-119(139-115)133(131-99(11)87-97(9)88-100(131)12)121-79-75-117(141-121)114(118-76-80-122(142-118)134(120-78-74-116(113)140-120)132-101(13)89-98(10)90-102(132)14)72-82-124-106(64-56-48-40-32-24-16-2)108(66-58-50-42-34-26-18-4)126(144-124)84-86-128-110(68-60-52-44-36-28-20-6)112(70-62-54-46-38-30-22-8)130(146-128)92-104(95-137)96-138/h73-80,83-92,139,141H,15-70H2,1-14H3/b85-83+,86-84+,115-113?,116-113?,117-114?,118-114?,133-119?,133-121?,134-120?,134-122?. The number of unbranched alkanes of at least 4 members (excludes halogenated alkanes) is 40. The molecule has 0 saturated carbocycles. The summed E-state index contributed by atoms with van der Waals surface area (Å²) >= 11 is 7.32. The van der Waals surface area contributed by atoms with Gasteiger partial charge in [-0.05, 0) is 307 Å². The molecule has 0 saturated heterocycles. The van der Waals surface area contributed by atoms with Gasteiger partial charge in [-0.15, -0.1) is 45.3 Å². The van der Waals surface area contributed by atoms with Gasteiger partial charge >= 0.3 is 0 Å². The Morgan fingerprint density at radius 3 is 0.753 bits per heavy atom. The first kappa shape index (κ1) is 116. The molecule has 0 fully saturated rings. The number of H-pyrrole nitrogens is 2. The maximum absolute atomic E-state index is 10.4. The van der Waals surface area contributed by atoms with Gasteiger partial charge in [0.25, 0.3) is 0 Å². The summed E-state index contributed by atoms with van der Waals surface area (Å²) in [6.07, 6.45) is 88.2. The average molecular weight is 2030 g/mol. The van der Waals surface area contributed by atoms with E-state index in [0.29, 0.717) is 0 Å². The number of nitrogens with zero attached hydrogens (tertiary/aromatic N) is 6. The van der Waals surface area contributed by atoms with Gasteiger partial charge < -0.3 is 9.97 Å². The van der Waals surface area contributed by atoms with Gasteiger partial charge in [0.15, 0.2) is 0 Å². The number of rotatable bonds is 64. The van der Waals surface area contributed by atoms with Crippen molar-refractivity contribution in [2.45, 2.75) is 456 Å². The van der Waals surface area contributed by atoms with E-state index in [9.17, 15) is 21.0 Å². The number of nitriles is 4. The topological polar surface area (TPSA) is 153 Å². The first-order valence-electron chi connectivity index (χ1n) is 57.8. The van der Waals surface area contributed by atoms with Crippen LogP contribution in [0.5, 0.6) is 0 Å². The highest BCUT2D eigenvalue weighted by Crippen LogP contribution is 2.45. The van der Waals surface area contributed by atoms with Crippen molar-refractivity contribution in [1.82, 2.24) is 19.9 Å². The van der Waals surface area contributed by atoms with Crippen molar-refractivity contribution >= 4 is 128 Å². The van der Waals surface area contributed by atoms with E-state index < -0.39 is 0 Å². The molecule has 9 aromatic rings. The third kappa shape index (κ3) is 34.5. The van der Waals surface area contributed by atoms with Gasteiger partial charge in [0.1, 0.15) is 35.4 Å². The summed E-state index contributed by atoms with van der Waals surface area (Å²) in [5, 5.41) is 41.4. The molecule has 9 heterocycles. The lowest BCUT2D eigenvalue weighted by molar-refractivity contribution is 0.599. The Morgan fingerprint density at radius 2 is 0.479 bits per heavy atom. The van der Waals surface area contributed by atoms with Crippen LogP contribution in [0, 0.1) is 111 Å². The van der Waals surface area contributed by atoms with Gasteiger partial charge in [-0.3, -0.25) is 0 Å². The zero-order chi connectivity index (χ0) is 104. The third-order valence-electron chi connectivity index (χ3n) is 29.9. The summed E-state index contributed by atoms with van der Waals surface area (Å²) in [6, 6.07) is 27.3. The van der Waals surface area contributed by atoms with E-state index >= 15 is 0 Å². The van der Waals surface area contributed by atoms with E-state index in [4.69, 9.17) is 9.97 Å². The number of thiophene rings is 4. The Morgan fingerprint density at radius 1 is 0.253 bits per heavy atom. The van der Waals surface area contributed by atoms with Crippen molar-refractivity contribution in [3.8, 4) is 70.2 Å². The molecule has 7 aromatic heterocycles. The lowest BCUT2D eigenvalue weighted by atomic mass is 9.92. The molecule has 2 aliphatic rings. The maximum atomic E-state index is 10.4. The molecule has 0 amide bonds. The number of hydrogen-bond donors (Lipinski definition) is 2. The molecule has 2 aromatic carbocycles. The molecule has 0 spiro atoms. The highest BCUT2D eigenvalue weighted by atomic mass is 32.1. The van der Waals surface area contributed by atoms with Crippen molar-refractivity contribution < 1.29 is 0 Å². The van der Waals surface area contributed by atoms with E-state index in [-0.39, 0.29) is 11.1 Å². The van der Waals surface area contributed by atoms with E-state index in [0.717, 1.165) is 212 Å². The van der Waals surface area contributed by atoms with E-state index in [1.807, 2.05) is 34.8 Å². The number of nitrogens with one attached hydrogen (secondary N) is 2. The number of hydrogen-bond acceptors (Lipinski definition) is 10. The molecule has 2 N–H and O–H groups in total. The van der Waals surface area contributed by atoms with E-state index in [1.165, 1.54) is 343 Å². The summed E-state index contributed by atoms with van der Waals surface area (Å²) in [6.45, 7) is 31.9. The monoisotopic (exact) mass is 2020 g/mol. The fraction of sp³-hybridized carbons (Fsp3) is 0.522. The second kappa shape index (κ2) is 64.3. The van der Waals surface area contributed by atoms with Crippen molar-refractivity contribution in [2.24, 2.45) is 0 Å². The van der Waals surface area contributed by atoms with E-state index in [1.54, 1.807) is 22.7 Å². The largest absolute Gasteiger partial charge is 0.354 e. The molecule has 0 radical (unpaired) electrons. The van der Waals surface area contributed by atoms with Crippen LogP contribution in [-0.4, -0.2) is 19.9 Å². The highest BCUT2D eigenvalue weighted by molar-refractivity contribution is 7.15. The smallest absolute Gasteiger partial charge is 0.131 e. The van der Waals surface area contributed by atoms with Crippen LogP contribution in [0.4, 0.5) is 0 Å². The summed E-state index contributed by atoms with van der Waals surface area (Å²) < 4.78 is 0. The van der Waals surface area contributed by atoms with Crippen molar-refractivity contribution in [2.75, 3.05) is 0 Å². The van der Waals surface area contributed by atoms with Gasteiger partial charge in [-0.25, -0.2) is 9.97 Å². The molecule has 0 unspecified atom stereocenters. The molecule has 12 heteroatoms. The Bertz CT molecular complexity index is 6010. The third-order valence-corrected chi connectivity index (χ3v) is 34.6. The second-order valence-corrected chi connectivity index (χ2v) is 46.3. The van der Waals surface area contributed by atoms with Crippen molar-refractivity contribution in [3.63, 3.8) is 0 Å². The van der Waals surface area contributed by atoms with Crippen LogP contribution in [0.2, 0.25) is 0 Å². The second-order valence-electron chi connectivity index (χ2n) is 42.0. The van der Waals surface area contributed by atoms with Crippen LogP contribution in [0.15, 0.2) is 59.7 Å². The maximum Gasteiger partial charge on any atom is 0.131 e. The van der Waals surface area contributed by atoms with Gasteiger partial charge in [0.05, 0.1) is 54.7 Å². The Kier molecular flexibility index (Phi) is 51.2. The molecule has 8 nitrogen and oxygen atoms in total. The van der Waals surface area contributed by atoms with Gasteiger partial charge in [0.2, 0.25) is 0 Å². The first-order valence-corrected chi connectivity index (χ1v) is 61.1. The quantitative estimate of drug-likeness (QED) is 0.0220. The Balaban J connectivity index is 1.17. The Labute approximate surface area is 899 Å². The van der Waals surface area contributed by atoms with Crippen molar-refractivity contribution in [3.05, 3.63) is 210 Å². The SMILES string of the molecule is CCCCCCCCc1c(C#Cc2c3nc(c(-c4c(C)cc(C)cc4C)c4nc(c(C#Cc5sc(/C=C/c6sc(C=C(C#N)C#N)c(CCCCCCCC)c6CCCCCCCC)c(CCCCCCCC)c5CCCCCCCC)c5ccc([nH]5)c(-c5c(C)cc(C)cc5C)c5ccc2[nH]5)C=C4)C=C3)sc(/C=C/c2sc(C=C(C#N)C#N)c(CCCCCCCC)c2CCCCCCCC)c1CCCCCCCC. The number of fused-ring (bicyclic) bond motifs is 8. The minimum atomic E-state index is 0.167. The minimum Gasteiger partial charge on any atom is -0.354 e. The molecule has 0 atom stereocenters. The van der Waals surface area contributed by atoms with Crippen LogP contribution in [0.25, 0.3) is 105 Å². The molecule has 2 aliphatic heterocycles. The summed E-state index contributed by atoms with van der Waals surface area (Å²) in [5.41, 5.74) is 31.6. The van der Waals surface area contributed by atoms with E-state index in [2.05, 4.69) is 252 Å². The molecular formula is C134H174N8S4. The molecule has 11 rings (SSSR count). The Hall–Kier alpha value is -10.1. The lowest BCUT2D eigenvalue weighted by Gasteiger charge is -2.13. The van der Waals surface area contributed by atoms with Crippen LogP contribution in [0.1, 0.15) is 514 Å². The zero-order valence-corrected chi connectivity index (χ0v) is 95.6. The normalized spacial score (nSPS) is 11.7. The van der Waals surface area contributed by atoms with Crippen LogP contribution in [0.3, 0.4) is 0 Å². The van der Waals surface area contributed by atoms with Crippen LogP contribution >= 0.6 is 45.3 Å². The molecular weight excluding hydrogens is 1850 g/mol. The predicted molar refractivity (Wildman–Crippen MR) is 640 cm³/mol. The average Bonchev–Trinajstić information content (AvgIpc) is 1.59. The lowest BCUT2D eigenvalue weighted by Crippen LogP contribution is -1.97. The number of aromatic nitrogens is 4. The molecule has 146 heavy (non-hydrogen) atoms. The number of aryl methyl sites for hydroxylation is 6. The minimum absolute atomic E-state index is 0.167. The highest BCUT2D eigenvalue weighted by Gasteiger charge is 2.27. The van der Waals surface area contributed by atoms with Crippen LogP contribution < -0.4 is 0 Å². The van der Waals surface area contributed by atoms with Gasteiger partial charge in [-0.1, -0.05) is 371 Å². The van der Waals surface area contributed by atoms with Gasteiger partial charge in [-0.2, -0.15) is 21.0 Å². The van der Waals surface area contributed by atoms with Crippen LogP contribution in [-0.2, 0) is 51.4 Å². The molecule has 774 valence electrons. The zero-order valence-electron chi connectivity index (χ0n) is 92.3. The number of allylic oxidation sites excluding steroid dienone is 2. The summed E-state index contributed by atoms with van der Waals surface area (Å²) in [4.78, 5) is 29.7. The number of benzene rings is 2. The van der Waals surface area contributed by atoms with Gasteiger partial charge in [0, 0.05) is 51.4 Å². The number of aromatic amines is 2. The predicted octanol–water partition coefficient (Wildman–Crippen LogP) is 41.3. The first-order chi connectivity index (χ1) is 71.5.